The highest BCUT2D eigenvalue weighted by atomic mass is 35.5. The van der Waals surface area contributed by atoms with Crippen molar-refractivity contribution in [3.8, 4) is 0 Å². The molecular weight excluding hydrogens is 212 g/mol. The maximum absolute atomic E-state index is 9.51. The van der Waals surface area contributed by atoms with E-state index in [9.17, 15) is 10.2 Å². The van der Waals surface area contributed by atoms with Crippen molar-refractivity contribution in [2.45, 2.75) is 12.2 Å². The van der Waals surface area contributed by atoms with Crippen LogP contribution in [-0.4, -0.2) is 32.0 Å². The molecule has 0 radical (unpaired) electrons. The second-order valence-corrected chi connectivity index (χ2v) is 3.19. The van der Waals surface area contributed by atoms with E-state index >= 15 is 0 Å². The largest absolute Gasteiger partial charge is 0.389 e. The summed E-state index contributed by atoms with van der Waals surface area (Å²) in [7, 11) is 0. The van der Waals surface area contributed by atoms with E-state index in [2.05, 4.69) is 22.6 Å². The van der Waals surface area contributed by atoms with Gasteiger partial charge in [-0.1, -0.05) is 11.6 Å². The first-order valence-corrected chi connectivity index (χ1v) is 4.60. The summed E-state index contributed by atoms with van der Waals surface area (Å²) in [6.45, 7) is 0. The Morgan fingerprint density at radius 3 is 2.77 bits per heavy atom. The van der Waals surface area contributed by atoms with Crippen LogP contribution in [0, 0.1) is 0 Å². The highest BCUT2D eigenvalue weighted by Crippen LogP contribution is 2.22. The maximum atomic E-state index is 9.51. The highest BCUT2D eigenvalue weighted by Gasteiger charge is 2.20. The van der Waals surface area contributed by atoms with Gasteiger partial charge in [0.1, 0.15) is 17.6 Å². The van der Waals surface area contributed by atoms with Crippen LogP contribution in [0.25, 0.3) is 0 Å². The van der Waals surface area contributed by atoms with Crippen LogP contribution in [0.3, 0.4) is 0 Å². The predicted octanol–water partition coefficient (Wildman–Crippen LogP) is 0.454. The average molecular weight is 221 g/mol. The number of hydrogen-bond acceptors (Lipinski definition) is 5. The molecule has 0 bridgehead atoms. The molecular formula is C7H9ClN2O2S. The fraction of sp³-hybridized carbons (Fsp3) is 0.429. The first-order valence-electron chi connectivity index (χ1n) is 3.59. The molecule has 2 unspecified atom stereocenters. The van der Waals surface area contributed by atoms with Crippen molar-refractivity contribution in [1.29, 1.82) is 0 Å². The van der Waals surface area contributed by atoms with Crippen molar-refractivity contribution in [2.75, 3.05) is 5.75 Å². The summed E-state index contributed by atoms with van der Waals surface area (Å²) in [5.74, 6) is 0.145. The Hall–Kier alpha value is -0.360. The molecule has 1 aromatic rings. The van der Waals surface area contributed by atoms with Crippen LogP contribution < -0.4 is 0 Å². The minimum absolute atomic E-state index is 0.142. The Morgan fingerprint density at radius 2 is 2.23 bits per heavy atom. The zero-order valence-electron chi connectivity index (χ0n) is 6.63. The molecule has 0 saturated carbocycles. The third-order valence-electron chi connectivity index (χ3n) is 1.56. The molecule has 0 spiro atoms. The van der Waals surface area contributed by atoms with Crippen LogP contribution in [0.2, 0.25) is 5.15 Å². The normalized spacial score (nSPS) is 15.4. The molecule has 0 aliphatic heterocycles. The SMILES string of the molecule is OC(CS)C(O)c1cncnc1Cl. The number of hydrogen-bond donors (Lipinski definition) is 3. The Balaban J connectivity index is 2.88. The van der Waals surface area contributed by atoms with Gasteiger partial charge in [-0.15, -0.1) is 0 Å². The van der Waals surface area contributed by atoms with E-state index < -0.39 is 12.2 Å². The van der Waals surface area contributed by atoms with Gasteiger partial charge in [0.05, 0.1) is 6.10 Å². The Labute approximate surface area is 86.0 Å². The van der Waals surface area contributed by atoms with Crippen LogP contribution in [0.1, 0.15) is 11.7 Å². The van der Waals surface area contributed by atoms with E-state index in [1.165, 1.54) is 12.5 Å². The minimum atomic E-state index is -1.09. The van der Waals surface area contributed by atoms with Gasteiger partial charge in [0.25, 0.3) is 0 Å². The number of halogens is 1. The van der Waals surface area contributed by atoms with Gasteiger partial charge < -0.3 is 10.2 Å². The van der Waals surface area contributed by atoms with Crippen LogP contribution in [-0.2, 0) is 0 Å². The predicted molar refractivity (Wildman–Crippen MR) is 51.9 cm³/mol. The lowest BCUT2D eigenvalue weighted by Crippen LogP contribution is -2.20. The van der Waals surface area contributed by atoms with Gasteiger partial charge in [0.15, 0.2) is 0 Å². The molecule has 0 aromatic carbocycles. The maximum Gasteiger partial charge on any atom is 0.138 e. The topological polar surface area (TPSA) is 66.2 Å². The number of aliphatic hydroxyl groups excluding tert-OH is 2. The Morgan fingerprint density at radius 1 is 1.54 bits per heavy atom. The zero-order valence-corrected chi connectivity index (χ0v) is 8.28. The van der Waals surface area contributed by atoms with E-state index in [-0.39, 0.29) is 10.9 Å². The van der Waals surface area contributed by atoms with Gasteiger partial charge in [-0.2, -0.15) is 12.6 Å². The summed E-state index contributed by atoms with van der Waals surface area (Å²) in [5.41, 5.74) is 0.311. The van der Waals surface area contributed by atoms with E-state index in [1.54, 1.807) is 0 Å². The van der Waals surface area contributed by atoms with Crippen LogP contribution in [0.5, 0.6) is 0 Å². The summed E-state index contributed by atoms with van der Waals surface area (Å²) >= 11 is 9.52. The molecule has 0 aliphatic carbocycles. The monoisotopic (exact) mass is 220 g/mol. The molecule has 0 saturated heterocycles. The van der Waals surface area contributed by atoms with Crippen LogP contribution >= 0.6 is 24.2 Å². The summed E-state index contributed by atoms with van der Waals surface area (Å²) < 4.78 is 0. The molecule has 0 fully saturated rings. The van der Waals surface area contributed by atoms with Gasteiger partial charge in [-0.3, -0.25) is 0 Å². The van der Waals surface area contributed by atoms with E-state index in [4.69, 9.17) is 11.6 Å². The lowest BCUT2D eigenvalue weighted by atomic mass is 10.1. The molecule has 4 nitrogen and oxygen atoms in total. The first-order chi connectivity index (χ1) is 6.16. The van der Waals surface area contributed by atoms with Crippen LogP contribution in [0.15, 0.2) is 12.5 Å². The fourth-order valence-corrected chi connectivity index (χ4v) is 1.23. The number of nitrogens with zero attached hydrogens (tertiary/aromatic N) is 2. The first kappa shape index (κ1) is 10.7. The Kier molecular flexibility index (Phi) is 3.92. The summed E-state index contributed by atoms with van der Waals surface area (Å²) in [6.07, 6.45) is 0.580. The highest BCUT2D eigenvalue weighted by molar-refractivity contribution is 7.80. The molecule has 2 N–H and O–H groups in total. The summed E-state index contributed by atoms with van der Waals surface area (Å²) in [5, 5.41) is 18.9. The smallest absolute Gasteiger partial charge is 0.138 e. The molecule has 6 heteroatoms. The standard InChI is InChI=1S/C7H9ClN2O2S/c8-7-4(1-9-3-10-7)6(12)5(11)2-13/h1,3,5-6,11-13H,2H2. The lowest BCUT2D eigenvalue weighted by Gasteiger charge is -2.15. The quantitative estimate of drug-likeness (QED) is 0.511. The van der Waals surface area contributed by atoms with Gasteiger partial charge in [0.2, 0.25) is 0 Å². The third kappa shape index (κ3) is 2.54. The van der Waals surface area contributed by atoms with E-state index in [0.29, 0.717) is 5.56 Å². The van der Waals surface area contributed by atoms with Crippen molar-refractivity contribution in [3.63, 3.8) is 0 Å². The fourth-order valence-electron chi connectivity index (χ4n) is 0.831. The minimum Gasteiger partial charge on any atom is -0.389 e. The second kappa shape index (κ2) is 4.76. The van der Waals surface area contributed by atoms with E-state index in [1.807, 2.05) is 0 Å². The molecule has 13 heavy (non-hydrogen) atoms. The summed E-state index contributed by atoms with van der Waals surface area (Å²) in [4.78, 5) is 7.37. The van der Waals surface area contributed by atoms with Crippen molar-refractivity contribution in [1.82, 2.24) is 9.97 Å². The molecule has 1 rings (SSSR count). The molecule has 72 valence electrons. The average Bonchev–Trinajstić information content (AvgIpc) is 2.16. The zero-order chi connectivity index (χ0) is 9.84. The van der Waals surface area contributed by atoms with Crippen molar-refractivity contribution in [3.05, 3.63) is 23.2 Å². The van der Waals surface area contributed by atoms with Crippen molar-refractivity contribution >= 4 is 24.2 Å². The van der Waals surface area contributed by atoms with Crippen molar-refractivity contribution in [2.24, 2.45) is 0 Å². The lowest BCUT2D eigenvalue weighted by molar-refractivity contribution is 0.0334. The number of thiol groups is 1. The number of aromatic nitrogens is 2. The van der Waals surface area contributed by atoms with Gasteiger partial charge >= 0.3 is 0 Å². The third-order valence-corrected chi connectivity index (χ3v) is 2.25. The van der Waals surface area contributed by atoms with Gasteiger partial charge in [-0.25, -0.2) is 9.97 Å². The number of aliphatic hydroxyl groups is 2. The molecule has 0 aliphatic rings. The molecule has 1 aromatic heterocycles. The van der Waals surface area contributed by atoms with Crippen LogP contribution in [0.4, 0.5) is 0 Å². The second-order valence-electron chi connectivity index (χ2n) is 2.46. The van der Waals surface area contributed by atoms with Crippen molar-refractivity contribution < 1.29 is 10.2 Å². The van der Waals surface area contributed by atoms with Gasteiger partial charge in [-0.05, 0) is 0 Å². The van der Waals surface area contributed by atoms with Gasteiger partial charge in [0, 0.05) is 17.5 Å². The molecule has 0 amide bonds. The van der Waals surface area contributed by atoms with E-state index in [0.717, 1.165) is 0 Å². The summed E-state index contributed by atoms with van der Waals surface area (Å²) in [6, 6.07) is 0. The number of rotatable bonds is 3. The Bertz CT molecular complexity index is 287. The molecule has 2 atom stereocenters. The molecule has 1 heterocycles.